The zero-order valence-corrected chi connectivity index (χ0v) is 11.9. The molecule has 4 nitrogen and oxygen atoms in total. The van der Waals surface area contributed by atoms with Crippen molar-refractivity contribution in [3.8, 4) is 11.5 Å². The van der Waals surface area contributed by atoms with Crippen molar-refractivity contribution in [3.05, 3.63) is 61.3 Å². The molecule has 0 aliphatic carbocycles. The van der Waals surface area contributed by atoms with Crippen molar-refractivity contribution in [2.45, 2.75) is 0 Å². The summed E-state index contributed by atoms with van der Waals surface area (Å²) in [6.45, 7) is 3.59. The summed E-state index contributed by atoms with van der Waals surface area (Å²) in [6, 6.07) is 15.2. The van der Waals surface area contributed by atoms with Gasteiger partial charge in [-0.1, -0.05) is 36.1 Å². The van der Waals surface area contributed by atoms with Gasteiger partial charge in [0.1, 0.15) is 11.5 Å². The van der Waals surface area contributed by atoms with Gasteiger partial charge in [0.2, 0.25) is 6.41 Å². The maximum atomic E-state index is 10.9. The quantitative estimate of drug-likeness (QED) is 0.663. The van der Waals surface area contributed by atoms with Crippen LogP contribution in [0.3, 0.4) is 0 Å². The number of fused-ring (bicyclic) bond motifs is 1. The van der Waals surface area contributed by atoms with E-state index in [1.54, 1.807) is 0 Å². The largest absolute Gasteiger partial charge is 0.457 e. The fourth-order valence-corrected chi connectivity index (χ4v) is 2.81. The van der Waals surface area contributed by atoms with E-state index in [-0.39, 0.29) is 0 Å². The average molecular weight is 296 g/mol. The van der Waals surface area contributed by atoms with Crippen LogP contribution >= 0.6 is 11.3 Å². The van der Waals surface area contributed by atoms with Gasteiger partial charge in [0.25, 0.3) is 0 Å². The van der Waals surface area contributed by atoms with Crippen molar-refractivity contribution in [3.63, 3.8) is 0 Å². The van der Waals surface area contributed by atoms with E-state index in [0.29, 0.717) is 11.5 Å². The number of amides is 1. The Labute approximate surface area is 125 Å². The van der Waals surface area contributed by atoms with Gasteiger partial charge in [0.05, 0.1) is 10.2 Å². The van der Waals surface area contributed by atoms with Gasteiger partial charge in [0, 0.05) is 12.3 Å². The summed E-state index contributed by atoms with van der Waals surface area (Å²) in [4.78, 5) is 16.7. The van der Waals surface area contributed by atoms with E-state index in [2.05, 4.69) is 11.6 Å². The van der Waals surface area contributed by atoms with Crippen molar-refractivity contribution < 1.29 is 9.53 Å². The Balaban J connectivity index is 1.93. The van der Waals surface area contributed by atoms with Gasteiger partial charge in [-0.2, -0.15) is 0 Å². The second-order valence-corrected chi connectivity index (χ2v) is 5.25. The number of benzene rings is 2. The van der Waals surface area contributed by atoms with Crippen LogP contribution in [0.5, 0.6) is 11.5 Å². The predicted octanol–water partition coefficient (Wildman–Crippen LogP) is 4.19. The van der Waals surface area contributed by atoms with Gasteiger partial charge in [-0.15, -0.1) is 0 Å². The Kier molecular flexibility index (Phi) is 3.66. The molecule has 5 heteroatoms. The molecule has 0 N–H and O–H groups in total. The lowest BCUT2D eigenvalue weighted by molar-refractivity contribution is -0.106. The Hall–Kier alpha value is -2.66. The highest BCUT2D eigenvalue weighted by molar-refractivity contribution is 7.22. The number of carbonyl (C=O) groups excluding carboxylic acids is 1. The minimum Gasteiger partial charge on any atom is -0.457 e. The van der Waals surface area contributed by atoms with Crippen LogP contribution in [0.1, 0.15) is 0 Å². The van der Waals surface area contributed by atoms with E-state index >= 15 is 0 Å². The maximum absolute atomic E-state index is 10.9. The molecular weight excluding hydrogens is 284 g/mol. The van der Waals surface area contributed by atoms with Gasteiger partial charge in [-0.3, -0.25) is 9.69 Å². The average Bonchev–Trinajstić information content (AvgIpc) is 2.92. The monoisotopic (exact) mass is 296 g/mol. The second-order valence-electron chi connectivity index (χ2n) is 4.24. The number of ether oxygens (including phenoxy) is 1. The molecule has 0 saturated carbocycles. The summed E-state index contributed by atoms with van der Waals surface area (Å²) < 4.78 is 6.74. The van der Waals surface area contributed by atoms with E-state index in [1.807, 2.05) is 48.5 Å². The number of hydrogen-bond acceptors (Lipinski definition) is 4. The Morgan fingerprint density at radius 1 is 1.14 bits per heavy atom. The predicted molar refractivity (Wildman–Crippen MR) is 84.9 cm³/mol. The number of carbonyl (C=O) groups is 1. The summed E-state index contributed by atoms with van der Waals surface area (Å²) in [5.41, 5.74) is 0.823. The van der Waals surface area contributed by atoms with Crippen molar-refractivity contribution in [2.24, 2.45) is 0 Å². The summed E-state index contributed by atoms with van der Waals surface area (Å²) in [7, 11) is 0. The zero-order chi connectivity index (χ0) is 14.7. The Morgan fingerprint density at radius 3 is 2.67 bits per heavy atom. The number of hydrogen-bond donors (Lipinski definition) is 0. The maximum Gasteiger partial charge on any atom is 0.220 e. The first kappa shape index (κ1) is 13.3. The van der Waals surface area contributed by atoms with Crippen LogP contribution in [0.2, 0.25) is 0 Å². The van der Waals surface area contributed by atoms with Crippen molar-refractivity contribution >= 4 is 33.1 Å². The summed E-state index contributed by atoms with van der Waals surface area (Å²) in [5, 5.41) is 0.590. The molecule has 1 heterocycles. The SMILES string of the molecule is C=CN(C=O)c1nc2ccc(Oc3ccccc3)cc2s1. The molecule has 0 aliphatic heterocycles. The molecule has 1 aromatic heterocycles. The minimum absolute atomic E-state index is 0.590. The van der Waals surface area contributed by atoms with Crippen LogP contribution in [-0.4, -0.2) is 11.4 Å². The molecule has 0 unspecified atom stereocenters. The molecule has 0 atom stereocenters. The summed E-state index contributed by atoms with van der Waals surface area (Å²) >= 11 is 1.41. The van der Waals surface area contributed by atoms with E-state index < -0.39 is 0 Å². The smallest absolute Gasteiger partial charge is 0.220 e. The molecule has 104 valence electrons. The summed E-state index contributed by atoms with van der Waals surface area (Å²) in [5.74, 6) is 1.52. The van der Waals surface area contributed by atoms with Gasteiger partial charge in [0.15, 0.2) is 5.13 Å². The highest BCUT2D eigenvalue weighted by Crippen LogP contribution is 2.32. The topological polar surface area (TPSA) is 42.4 Å². The first-order chi connectivity index (χ1) is 10.3. The number of nitrogens with zero attached hydrogens (tertiary/aromatic N) is 2. The third kappa shape index (κ3) is 2.78. The number of anilines is 1. The Morgan fingerprint density at radius 2 is 1.95 bits per heavy atom. The van der Waals surface area contributed by atoms with Crippen LogP contribution < -0.4 is 9.64 Å². The molecule has 21 heavy (non-hydrogen) atoms. The lowest BCUT2D eigenvalue weighted by Gasteiger charge is -2.04. The number of aromatic nitrogens is 1. The van der Waals surface area contributed by atoms with E-state index in [1.165, 1.54) is 22.4 Å². The standard InChI is InChI=1S/C16H12N2O2S/c1-2-18(11-19)16-17-14-9-8-13(10-15(14)21-16)20-12-6-4-3-5-7-12/h2-11H,1H2. The van der Waals surface area contributed by atoms with Crippen molar-refractivity contribution in [2.75, 3.05) is 4.90 Å². The van der Waals surface area contributed by atoms with Crippen LogP contribution in [0, 0.1) is 0 Å². The van der Waals surface area contributed by atoms with E-state index in [0.717, 1.165) is 21.7 Å². The van der Waals surface area contributed by atoms with E-state index in [9.17, 15) is 4.79 Å². The fraction of sp³-hybridized carbons (Fsp3) is 0. The number of para-hydroxylation sites is 1. The molecule has 2 aromatic carbocycles. The van der Waals surface area contributed by atoms with Gasteiger partial charge in [-0.25, -0.2) is 4.98 Å². The molecule has 0 bridgehead atoms. The first-order valence-corrected chi connectivity index (χ1v) is 7.11. The molecule has 0 spiro atoms. The second kappa shape index (κ2) is 5.76. The van der Waals surface area contributed by atoms with Gasteiger partial charge >= 0.3 is 0 Å². The highest BCUT2D eigenvalue weighted by Gasteiger charge is 2.09. The van der Waals surface area contributed by atoms with Crippen LogP contribution in [0.25, 0.3) is 10.2 Å². The zero-order valence-electron chi connectivity index (χ0n) is 11.1. The summed E-state index contributed by atoms with van der Waals surface area (Å²) in [6.07, 6.45) is 2.12. The fourth-order valence-electron chi connectivity index (χ4n) is 1.86. The molecule has 1 amide bonds. The Bertz CT molecular complexity index is 775. The lowest BCUT2D eigenvalue weighted by Crippen LogP contribution is -2.11. The normalized spacial score (nSPS) is 10.3. The first-order valence-electron chi connectivity index (χ1n) is 6.30. The molecule has 0 aliphatic rings. The van der Waals surface area contributed by atoms with E-state index in [4.69, 9.17) is 4.74 Å². The number of thiazole rings is 1. The molecular formula is C16H12N2O2S. The van der Waals surface area contributed by atoms with Crippen molar-refractivity contribution in [1.29, 1.82) is 0 Å². The minimum atomic E-state index is 0.590. The molecule has 0 radical (unpaired) electrons. The van der Waals surface area contributed by atoms with Crippen LogP contribution in [0.15, 0.2) is 61.3 Å². The molecule has 3 aromatic rings. The number of rotatable bonds is 5. The molecule has 0 fully saturated rings. The highest BCUT2D eigenvalue weighted by atomic mass is 32.1. The molecule has 3 rings (SSSR count). The van der Waals surface area contributed by atoms with Crippen molar-refractivity contribution in [1.82, 2.24) is 4.98 Å². The van der Waals surface area contributed by atoms with Crippen LogP contribution in [-0.2, 0) is 4.79 Å². The lowest BCUT2D eigenvalue weighted by atomic mass is 10.3. The van der Waals surface area contributed by atoms with Gasteiger partial charge in [-0.05, 0) is 24.3 Å². The third-order valence-electron chi connectivity index (χ3n) is 2.86. The molecule has 0 saturated heterocycles. The van der Waals surface area contributed by atoms with Gasteiger partial charge < -0.3 is 4.74 Å². The van der Waals surface area contributed by atoms with Crippen LogP contribution in [0.4, 0.5) is 5.13 Å². The third-order valence-corrected chi connectivity index (χ3v) is 3.89.